The zero-order valence-electron chi connectivity index (χ0n) is 28.5. The van der Waals surface area contributed by atoms with Crippen LogP contribution >= 0.6 is 11.3 Å². The second-order valence-electron chi connectivity index (χ2n) is 14.0. The highest BCUT2D eigenvalue weighted by molar-refractivity contribution is 7.25. The van der Waals surface area contributed by atoms with Crippen LogP contribution in [0.3, 0.4) is 0 Å². The van der Waals surface area contributed by atoms with E-state index >= 15 is 0 Å². The molecular weight excluding hydrogens is 683 g/mol. The summed E-state index contributed by atoms with van der Waals surface area (Å²) in [6.45, 7) is 0. The Morgan fingerprint density at radius 1 is 0.463 bits per heavy atom. The third-order valence-electron chi connectivity index (χ3n) is 11.2. The molecule has 5 aromatic heterocycles. The van der Waals surface area contributed by atoms with Gasteiger partial charge in [-0.25, -0.2) is 9.97 Å². The topological polar surface area (TPSA) is 57.0 Å². The van der Waals surface area contributed by atoms with E-state index in [4.69, 9.17) is 18.8 Å². The van der Waals surface area contributed by atoms with Gasteiger partial charge in [0, 0.05) is 52.7 Å². The van der Waals surface area contributed by atoms with Gasteiger partial charge in [0.2, 0.25) is 5.95 Å². The molecule has 0 unspecified atom stereocenters. The molecule has 0 bridgehead atoms. The lowest BCUT2D eigenvalue weighted by Gasteiger charge is -2.10. The number of hydrogen-bond donors (Lipinski definition) is 0. The minimum Gasteiger partial charge on any atom is -0.454 e. The summed E-state index contributed by atoms with van der Waals surface area (Å²) in [5.41, 5.74) is 7.59. The zero-order valence-corrected chi connectivity index (χ0v) is 29.3. The fraction of sp³-hybridized carbons (Fsp3) is 0. The number of fused-ring (bicyclic) bond motifs is 18. The first kappa shape index (κ1) is 28.6. The van der Waals surface area contributed by atoms with E-state index in [1.807, 2.05) is 24.3 Å². The molecular formula is C48H25N3O2S. The molecule has 6 heteroatoms. The minimum atomic E-state index is 0.563. The summed E-state index contributed by atoms with van der Waals surface area (Å²) in [6.07, 6.45) is 0. The molecule has 250 valence electrons. The van der Waals surface area contributed by atoms with Crippen LogP contribution in [0.5, 0.6) is 0 Å². The second kappa shape index (κ2) is 10.3. The summed E-state index contributed by atoms with van der Waals surface area (Å²) >= 11 is 1.80. The van der Waals surface area contributed by atoms with Crippen LogP contribution in [0.4, 0.5) is 0 Å². The predicted octanol–water partition coefficient (Wildman–Crippen LogP) is 13.7. The second-order valence-corrected chi connectivity index (χ2v) is 15.1. The van der Waals surface area contributed by atoms with Gasteiger partial charge in [-0.2, -0.15) is 0 Å². The lowest BCUT2D eigenvalue weighted by molar-refractivity contribution is 0.666. The highest BCUT2D eigenvalue weighted by Gasteiger charge is 2.27. The van der Waals surface area contributed by atoms with E-state index in [0.717, 1.165) is 82.3 Å². The molecule has 54 heavy (non-hydrogen) atoms. The van der Waals surface area contributed by atoms with Crippen molar-refractivity contribution in [1.29, 1.82) is 0 Å². The SMILES string of the molecule is c1ccc2c(c1)ccc1c2c2c3ccccc3c3c4ccccc4oc3c2n1-c1nc(-c2ccc3c(c2)sc2ccccc23)c2oc3ccccc3c2n1. The maximum atomic E-state index is 6.92. The van der Waals surface area contributed by atoms with E-state index in [1.165, 1.54) is 30.9 Å². The smallest absolute Gasteiger partial charge is 0.236 e. The normalized spacial score (nSPS) is 12.4. The Balaban J connectivity index is 1.24. The van der Waals surface area contributed by atoms with Gasteiger partial charge in [-0.15, -0.1) is 11.3 Å². The molecule has 5 heterocycles. The fourth-order valence-corrected chi connectivity index (χ4v) is 10.0. The van der Waals surface area contributed by atoms with Crippen molar-refractivity contribution in [3.8, 4) is 17.2 Å². The third-order valence-corrected chi connectivity index (χ3v) is 12.3. The average molecular weight is 708 g/mol. The molecule has 5 nitrogen and oxygen atoms in total. The Bertz CT molecular complexity index is 3750. The van der Waals surface area contributed by atoms with Gasteiger partial charge in [0.15, 0.2) is 11.2 Å². The van der Waals surface area contributed by atoms with Gasteiger partial charge in [0.05, 0.1) is 5.52 Å². The van der Waals surface area contributed by atoms with Gasteiger partial charge in [0.25, 0.3) is 0 Å². The number of nitrogens with zero attached hydrogens (tertiary/aromatic N) is 3. The summed E-state index contributed by atoms with van der Waals surface area (Å²) in [5, 5.41) is 12.6. The van der Waals surface area contributed by atoms with Crippen LogP contribution in [-0.2, 0) is 0 Å². The number of aromatic nitrogens is 3. The van der Waals surface area contributed by atoms with Crippen molar-refractivity contribution >= 4 is 119 Å². The number of benzene rings is 8. The molecule has 0 radical (unpaired) electrons. The van der Waals surface area contributed by atoms with E-state index in [0.29, 0.717) is 11.5 Å². The van der Waals surface area contributed by atoms with Crippen LogP contribution in [0.15, 0.2) is 160 Å². The van der Waals surface area contributed by atoms with Crippen molar-refractivity contribution < 1.29 is 8.83 Å². The van der Waals surface area contributed by atoms with Gasteiger partial charge in [-0.3, -0.25) is 4.57 Å². The van der Waals surface area contributed by atoms with Crippen LogP contribution in [-0.4, -0.2) is 14.5 Å². The van der Waals surface area contributed by atoms with Crippen LogP contribution in [0, 0.1) is 0 Å². The quantitative estimate of drug-likeness (QED) is 0.179. The molecule has 0 atom stereocenters. The third kappa shape index (κ3) is 3.67. The summed E-state index contributed by atoms with van der Waals surface area (Å²) in [7, 11) is 0. The summed E-state index contributed by atoms with van der Waals surface area (Å²) in [6, 6.07) is 53.4. The van der Waals surface area contributed by atoms with Crippen molar-refractivity contribution in [2.24, 2.45) is 0 Å². The number of para-hydroxylation sites is 2. The summed E-state index contributed by atoms with van der Waals surface area (Å²) < 4.78 is 18.3. The first-order valence-corrected chi connectivity index (χ1v) is 18.9. The van der Waals surface area contributed by atoms with Crippen LogP contribution in [0.25, 0.3) is 125 Å². The Labute approximate surface area is 309 Å². The van der Waals surface area contributed by atoms with E-state index in [1.54, 1.807) is 11.3 Å². The highest BCUT2D eigenvalue weighted by Crippen LogP contribution is 2.48. The number of rotatable bonds is 2. The lowest BCUT2D eigenvalue weighted by Crippen LogP contribution is -2.03. The Hall–Kier alpha value is -7.02. The minimum absolute atomic E-state index is 0.563. The fourth-order valence-electron chi connectivity index (χ4n) is 8.89. The Morgan fingerprint density at radius 3 is 1.96 bits per heavy atom. The first-order valence-electron chi connectivity index (χ1n) is 18.1. The van der Waals surface area contributed by atoms with Gasteiger partial charge in [-0.1, -0.05) is 115 Å². The summed E-state index contributed by atoms with van der Waals surface area (Å²) in [5.74, 6) is 0.563. The molecule has 0 aliphatic heterocycles. The lowest BCUT2D eigenvalue weighted by atomic mass is 9.97. The van der Waals surface area contributed by atoms with E-state index in [-0.39, 0.29) is 0 Å². The summed E-state index contributed by atoms with van der Waals surface area (Å²) in [4.78, 5) is 10.9. The van der Waals surface area contributed by atoms with Crippen molar-refractivity contribution in [1.82, 2.24) is 14.5 Å². The molecule has 0 fully saturated rings. The zero-order chi connectivity index (χ0) is 35.1. The van der Waals surface area contributed by atoms with E-state index in [2.05, 4.69) is 132 Å². The van der Waals surface area contributed by atoms with Gasteiger partial charge < -0.3 is 8.83 Å². The number of furan rings is 2. The maximum Gasteiger partial charge on any atom is 0.236 e. The molecule has 0 amide bonds. The molecule has 0 saturated carbocycles. The van der Waals surface area contributed by atoms with Crippen molar-refractivity contribution in [3.05, 3.63) is 152 Å². The number of hydrogen-bond acceptors (Lipinski definition) is 5. The van der Waals surface area contributed by atoms with Gasteiger partial charge >= 0.3 is 0 Å². The molecule has 13 rings (SSSR count). The molecule has 8 aromatic carbocycles. The van der Waals surface area contributed by atoms with Crippen LogP contribution in [0.1, 0.15) is 0 Å². The molecule has 0 spiro atoms. The maximum absolute atomic E-state index is 6.92. The Morgan fingerprint density at radius 2 is 1.11 bits per heavy atom. The molecule has 0 aliphatic carbocycles. The van der Waals surface area contributed by atoms with Crippen molar-refractivity contribution in [2.45, 2.75) is 0 Å². The highest BCUT2D eigenvalue weighted by atomic mass is 32.1. The van der Waals surface area contributed by atoms with Crippen LogP contribution in [0.2, 0.25) is 0 Å². The van der Waals surface area contributed by atoms with E-state index < -0.39 is 0 Å². The van der Waals surface area contributed by atoms with Crippen LogP contribution < -0.4 is 0 Å². The predicted molar refractivity (Wildman–Crippen MR) is 224 cm³/mol. The first-order chi connectivity index (χ1) is 26.8. The van der Waals surface area contributed by atoms with Gasteiger partial charge in [0.1, 0.15) is 27.9 Å². The van der Waals surface area contributed by atoms with E-state index in [9.17, 15) is 0 Å². The standard InChI is InChI=1S/C48H25N3O2S/c1-2-12-28-26(11-1)22-24-35-41(28)42-32-15-4-3-14-31(32)40-33-16-5-8-18-36(33)52-46(40)45(42)51(35)48-49-43(47-44(50-48)34-17-6-9-19-37(34)53-47)27-21-23-30-29-13-7-10-20-38(29)54-39(30)25-27/h1-25H. The van der Waals surface area contributed by atoms with Gasteiger partial charge in [-0.05, 0) is 57.9 Å². The molecule has 0 aliphatic rings. The molecule has 0 N–H and O–H groups in total. The number of thiophene rings is 1. The Kier molecular flexibility index (Phi) is 5.45. The monoisotopic (exact) mass is 707 g/mol. The van der Waals surface area contributed by atoms with Crippen molar-refractivity contribution in [2.75, 3.05) is 0 Å². The average Bonchev–Trinajstić information content (AvgIpc) is 3.99. The largest absolute Gasteiger partial charge is 0.454 e. The molecule has 13 aromatic rings. The molecule has 0 saturated heterocycles. The van der Waals surface area contributed by atoms with Crippen molar-refractivity contribution in [3.63, 3.8) is 0 Å².